The van der Waals surface area contributed by atoms with Crippen LogP contribution in [0.25, 0.3) is 0 Å². The third-order valence-electron chi connectivity index (χ3n) is 3.25. The van der Waals surface area contributed by atoms with E-state index >= 15 is 0 Å². The Morgan fingerprint density at radius 1 is 1.43 bits per heavy atom. The van der Waals surface area contributed by atoms with Gasteiger partial charge in [0.15, 0.2) is 0 Å². The van der Waals surface area contributed by atoms with Gasteiger partial charge in [0, 0.05) is 0 Å². The van der Waals surface area contributed by atoms with E-state index in [9.17, 15) is 0 Å². The van der Waals surface area contributed by atoms with E-state index in [1.165, 1.54) is 24.8 Å². The van der Waals surface area contributed by atoms with E-state index in [0.29, 0.717) is 0 Å². The molecular formula is C13H19N. The molecule has 1 aliphatic rings. The number of aryl methyl sites for hydroxylation is 2. The quantitative estimate of drug-likeness (QED) is 0.760. The van der Waals surface area contributed by atoms with Gasteiger partial charge in [-0.15, -0.1) is 0 Å². The maximum Gasteiger partial charge on any atom is -0.00714 e. The molecule has 0 spiro atoms. The van der Waals surface area contributed by atoms with E-state index in [4.69, 9.17) is 5.73 Å². The van der Waals surface area contributed by atoms with Crippen molar-refractivity contribution >= 4 is 0 Å². The molecule has 2 N–H and O–H groups in total. The molecule has 0 heterocycles. The Morgan fingerprint density at radius 2 is 2.29 bits per heavy atom. The molecule has 1 nitrogen and oxygen atoms in total. The van der Waals surface area contributed by atoms with Crippen LogP contribution in [0, 0.1) is 6.92 Å². The summed E-state index contributed by atoms with van der Waals surface area (Å²) in [6.45, 7) is 2.99. The molecule has 0 saturated carbocycles. The van der Waals surface area contributed by atoms with E-state index in [0.717, 1.165) is 18.9 Å². The van der Waals surface area contributed by atoms with Crippen LogP contribution in [0.2, 0.25) is 0 Å². The van der Waals surface area contributed by atoms with Gasteiger partial charge in [0.25, 0.3) is 0 Å². The molecule has 1 aromatic carbocycles. The molecule has 1 aliphatic carbocycles. The fourth-order valence-electron chi connectivity index (χ4n) is 2.54. The van der Waals surface area contributed by atoms with Crippen molar-refractivity contribution in [1.82, 2.24) is 0 Å². The molecule has 0 bridgehead atoms. The molecule has 0 radical (unpaired) electrons. The topological polar surface area (TPSA) is 26.0 Å². The van der Waals surface area contributed by atoms with Crippen LogP contribution in [-0.4, -0.2) is 6.54 Å². The molecule has 1 aromatic rings. The fourth-order valence-corrected chi connectivity index (χ4v) is 2.54. The highest BCUT2D eigenvalue weighted by Gasteiger charge is 2.18. The summed E-state index contributed by atoms with van der Waals surface area (Å²) in [4.78, 5) is 0. The maximum atomic E-state index is 5.65. The minimum absolute atomic E-state index is 0.726. The van der Waals surface area contributed by atoms with Gasteiger partial charge in [-0.05, 0) is 56.2 Å². The monoisotopic (exact) mass is 189 g/mol. The third-order valence-corrected chi connectivity index (χ3v) is 3.25. The Hall–Kier alpha value is -0.820. The van der Waals surface area contributed by atoms with Gasteiger partial charge in [0.1, 0.15) is 0 Å². The van der Waals surface area contributed by atoms with Crippen molar-refractivity contribution in [2.75, 3.05) is 6.54 Å². The van der Waals surface area contributed by atoms with Gasteiger partial charge in [-0.3, -0.25) is 0 Å². The first-order chi connectivity index (χ1) is 6.81. The Kier molecular flexibility index (Phi) is 2.87. The van der Waals surface area contributed by atoms with Crippen LogP contribution >= 0.6 is 0 Å². The number of nitrogens with two attached hydrogens (primary N) is 1. The molecule has 1 atom stereocenters. The number of fused-ring (bicyclic) bond motifs is 1. The van der Waals surface area contributed by atoms with Crippen LogP contribution in [0.3, 0.4) is 0 Å². The zero-order valence-electron chi connectivity index (χ0n) is 8.92. The highest BCUT2D eigenvalue weighted by atomic mass is 14.5. The number of hydrogen-bond donors (Lipinski definition) is 1. The summed E-state index contributed by atoms with van der Waals surface area (Å²) in [6, 6.07) is 6.88. The second kappa shape index (κ2) is 4.14. The van der Waals surface area contributed by atoms with E-state index in [2.05, 4.69) is 25.1 Å². The lowest BCUT2D eigenvalue weighted by atomic mass is 9.80. The Balaban J connectivity index is 2.30. The molecule has 0 saturated heterocycles. The minimum atomic E-state index is 0.726. The van der Waals surface area contributed by atoms with Crippen molar-refractivity contribution in [2.24, 2.45) is 5.73 Å². The summed E-state index contributed by atoms with van der Waals surface area (Å²) < 4.78 is 0. The number of rotatable bonds is 2. The first-order valence-electron chi connectivity index (χ1n) is 5.61. The summed E-state index contributed by atoms with van der Waals surface area (Å²) in [5.74, 6) is 0.726. The van der Waals surface area contributed by atoms with E-state index < -0.39 is 0 Å². The van der Waals surface area contributed by atoms with Gasteiger partial charge in [-0.25, -0.2) is 0 Å². The molecule has 1 unspecified atom stereocenters. The largest absolute Gasteiger partial charge is 0.330 e. The zero-order chi connectivity index (χ0) is 9.97. The van der Waals surface area contributed by atoms with Crippen molar-refractivity contribution < 1.29 is 0 Å². The molecular weight excluding hydrogens is 170 g/mol. The van der Waals surface area contributed by atoms with Crippen LogP contribution in [0.4, 0.5) is 0 Å². The summed E-state index contributed by atoms with van der Waals surface area (Å²) in [5.41, 5.74) is 10.2. The van der Waals surface area contributed by atoms with Crippen LogP contribution in [0.15, 0.2) is 18.2 Å². The first kappa shape index (κ1) is 9.72. The Morgan fingerprint density at radius 3 is 3.07 bits per heavy atom. The summed E-state index contributed by atoms with van der Waals surface area (Å²) >= 11 is 0. The predicted molar refractivity (Wildman–Crippen MR) is 60.5 cm³/mol. The Labute approximate surface area is 86.3 Å². The third kappa shape index (κ3) is 1.83. The fraction of sp³-hybridized carbons (Fsp3) is 0.538. The molecule has 2 rings (SSSR count). The van der Waals surface area contributed by atoms with Crippen LogP contribution < -0.4 is 5.73 Å². The van der Waals surface area contributed by atoms with Crippen molar-refractivity contribution in [2.45, 2.75) is 38.5 Å². The van der Waals surface area contributed by atoms with Crippen molar-refractivity contribution in [3.05, 3.63) is 34.9 Å². The Bertz CT molecular complexity index is 317. The normalized spacial score (nSPS) is 20.6. The lowest BCUT2D eigenvalue weighted by Crippen LogP contribution is -2.13. The average molecular weight is 189 g/mol. The number of benzene rings is 1. The zero-order valence-corrected chi connectivity index (χ0v) is 8.92. The summed E-state index contributed by atoms with van der Waals surface area (Å²) in [7, 11) is 0. The van der Waals surface area contributed by atoms with Crippen LogP contribution in [0.5, 0.6) is 0 Å². The SMILES string of the molecule is Cc1ccc2c(c1)CCCC2CCN. The maximum absolute atomic E-state index is 5.65. The standard InChI is InChI=1S/C13H19N/c1-10-5-6-13-11(7-8-14)3-2-4-12(13)9-10/h5-6,9,11H,2-4,7-8,14H2,1H3. The van der Waals surface area contributed by atoms with Gasteiger partial charge >= 0.3 is 0 Å². The summed E-state index contributed by atoms with van der Waals surface area (Å²) in [5, 5.41) is 0. The summed E-state index contributed by atoms with van der Waals surface area (Å²) in [6.07, 6.45) is 5.07. The van der Waals surface area contributed by atoms with Crippen molar-refractivity contribution in [3.63, 3.8) is 0 Å². The molecule has 0 fully saturated rings. The molecule has 0 aliphatic heterocycles. The molecule has 0 aromatic heterocycles. The second-order valence-corrected chi connectivity index (χ2v) is 4.37. The lowest BCUT2D eigenvalue weighted by molar-refractivity contribution is 0.526. The number of hydrogen-bond acceptors (Lipinski definition) is 1. The van der Waals surface area contributed by atoms with Crippen molar-refractivity contribution in [1.29, 1.82) is 0 Å². The van der Waals surface area contributed by atoms with Gasteiger partial charge in [0.2, 0.25) is 0 Å². The van der Waals surface area contributed by atoms with E-state index in [-0.39, 0.29) is 0 Å². The lowest BCUT2D eigenvalue weighted by Gasteiger charge is -2.25. The second-order valence-electron chi connectivity index (χ2n) is 4.37. The predicted octanol–water partition coefficient (Wildman–Crippen LogP) is 2.76. The molecule has 1 heteroatoms. The van der Waals surface area contributed by atoms with Gasteiger partial charge in [0.05, 0.1) is 0 Å². The molecule has 76 valence electrons. The van der Waals surface area contributed by atoms with Crippen LogP contribution in [0.1, 0.15) is 41.9 Å². The average Bonchev–Trinajstić information content (AvgIpc) is 2.18. The highest BCUT2D eigenvalue weighted by Crippen LogP contribution is 2.33. The van der Waals surface area contributed by atoms with E-state index in [1.54, 1.807) is 11.1 Å². The van der Waals surface area contributed by atoms with Crippen LogP contribution in [-0.2, 0) is 6.42 Å². The first-order valence-corrected chi connectivity index (χ1v) is 5.61. The smallest absolute Gasteiger partial charge is 0.00714 e. The molecule has 14 heavy (non-hydrogen) atoms. The van der Waals surface area contributed by atoms with Gasteiger partial charge in [-0.1, -0.05) is 23.8 Å². The molecule has 0 amide bonds. The minimum Gasteiger partial charge on any atom is -0.330 e. The van der Waals surface area contributed by atoms with Crippen molar-refractivity contribution in [3.8, 4) is 0 Å². The van der Waals surface area contributed by atoms with E-state index in [1.807, 2.05) is 0 Å². The highest BCUT2D eigenvalue weighted by molar-refractivity contribution is 5.35. The van der Waals surface area contributed by atoms with Gasteiger partial charge in [-0.2, -0.15) is 0 Å². The van der Waals surface area contributed by atoms with Gasteiger partial charge < -0.3 is 5.73 Å².